The lowest BCUT2D eigenvalue weighted by atomic mass is 10.1. The lowest BCUT2D eigenvalue weighted by Gasteiger charge is -2.17. The summed E-state index contributed by atoms with van der Waals surface area (Å²) in [7, 11) is 1.77. The number of nitrogens with one attached hydrogen (secondary N) is 1. The average Bonchev–Trinajstić information content (AvgIpc) is 3.19. The lowest BCUT2D eigenvalue weighted by Crippen LogP contribution is -2.31. The molecule has 0 aliphatic carbocycles. The number of benzene rings is 2. The monoisotopic (exact) mass is 420 g/mol. The zero-order chi connectivity index (χ0) is 21.4. The Kier molecular flexibility index (Phi) is 4.94. The van der Waals surface area contributed by atoms with Gasteiger partial charge >= 0.3 is 0 Å². The van der Waals surface area contributed by atoms with Crippen LogP contribution in [0.5, 0.6) is 5.75 Å². The Bertz CT molecular complexity index is 1160. The third-order valence-electron chi connectivity index (χ3n) is 4.89. The summed E-state index contributed by atoms with van der Waals surface area (Å²) >= 11 is 6.27. The number of carbonyl (C=O) groups excluding carboxylic acids is 2. The molecule has 8 heteroatoms. The van der Waals surface area contributed by atoms with Gasteiger partial charge < -0.3 is 15.0 Å². The van der Waals surface area contributed by atoms with Crippen molar-refractivity contribution in [3.05, 3.63) is 70.5 Å². The van der Waals surface area contributed by atoms with Crippen LogP contribution in [0.4, 0.5) is 17.1 Å². The average molecular weight is 421 g/mol. The van der Waals surface area contributed by atoms with Crippen LogP contribution in [0.3, 0.4) is 0 Å². The standard InChI is InChI=1S/C22H17ClN4O3/c1-3-30-14-10-8-13(9-11-14)27-21(28)18(19(23)22(27)29)15(12-24)20-25-16-6-4-5-7-17(16)26(20)2/h4-11,25H,3H2,1-2H3/b20-15-. The number of ether oxygens (including phenoxy) is 1. The molecule has 2 heterocycles. The summed E-state index contributed by atoms with van der Waals surface area (Å²) in [4.78, 5) is 28.7. The van der Waals surface area contributed by atoms with Crippen molar-refractivity contribution >= 4 is 40.5 Å². The highest BCUT2D eigenvalue weighted by molar-refractivity contribution is 6.53. The number of imide groups is 1. The molecule has 2 amide bonds. The van der Waals surface area contributed by atoms with Gasteiger partial charge in [0.15, 0.2) is 0 Å². The summed E-state index contributed by atoms with van der Waals surface area (Å²) < 4.78 is 5.40. The second-order valence-corrected chi connectivity index (χ2v) is 6.98. The summed E-state index contributed by atoms with van der Waals surface area (Å²) in [6.07, 6.45) is 0. The fraction of sp³-hybridized carbons (Fsp3) is 0.136. The minimum absolute atomic E-state index is 0.00508. The Morgan fingerprint density at radius 2 is 1.83 bits per heavy atom. The molecule has 0 bridgehead atoms. The highest BCUT2D eigenvalue weighted by Crippen LogP contribution is 2.40. The Morgan fingerprint density at radius 1 is 1.13 bits per heavy atom. The topological polar surface area (TPSA) is 85.7 Å². The van der Waals surface area contributed by atoms with Crippen molar-refractivity contribution in [3.63, 3.8) is 0 Å². The summed E-state index contributed by atoms with van der Waals surface area (Å²) in [5, 5.41) is 12.7. The smallest absolute Gasteiger partial charge is 0.277 e. The van der Waals surface area contributed by atoms with Gasteiger partial charge in [0.05, 0.1) is 29.2 Å². The Labute approximate surface area is 178 Å². The van der Waals surface area contributed by atoms with Crippen molar-refractivity contribution in [2.24, 2.45) is 0 Å². The van der Waals surface area contributed by atoms with Gasteiger partial charge in [-0.15, -0.1) is 0 Å². The number of nitriles is 1. The van der Waals surface area contributed by atoms with Gasteiger partial charge in [-0.05, 0) is 43.3 Å². The predicted molar refractivity (Wildman–Crippen MR) is 114 cm³/mol. The number of para-hydroxylation sites is 2. The molecule has 0 saturated heterocycles. The number of amides is 2. The van der Waals surface area contributed by atoms with Crippen molar-refractivity contribution in [2.75, 3.05) is 28.8 Å². The molecule has 0 aromatic heterocycles. The highest BCUT2D eigenvalue weighted by Gasteiger charge is 2.42. The van der Waals surface area contributed by atoms with E-state index in [0.29, 0.717) is 23.9 Å². The molecule has 0 saturated carbocycles. The third kappa shape index (κ3) is 2.98. The maximum Gasteiger partial charge on any atom is 0.277 e. The van der Waals surface area contributed by atoms with Gasteiger partial charge in [0.2, 0.25) is 0 Å². The lowest BCUT2D eigenvalue weighted by molar-refractivity contribution is -0.120. The van der Waals surface area contributed by atoms with Crippen LogP contribution in [0.2, 0.25) is 0 Å². The van der Waals surface area contributed by atoms with E-state index >= 15 is 0 Å². The summed E-state index contributed by atoms with van der Waals surface area (Å²) in [6, 6.07) is 16.0. The summed E-state index contributed by atoms with van der Waals surface area (Å²) in [5.74, 6) is -0.313. The maximum atomic E-state index is 13.2. The Balaban J connectivity index is 1.73. The molecule has 0 unspecified atom stereocenters. The first-order valence-corrected chi connectivity index (χ1v) is 9.61. The van der Waals surface area contributed by atoms with Crippen LogP contribution in [-0.2, 0) is 9.59 Å². The van der Waals surface area contributed by atoms with Crippen molar-refractivity contribution in [3.8, 4) is 11.8 Å². The van der Waals surface area contributed by atoms with E-state index in [1.165, 1.54) is 0 Å². The second-order valence-electron chi connectivity index (χ2n) is 6.60. The first kappa shape index (κ1) is 19.6. The molecule has 4 rings (SSSR count). The molecule has 0 atom stereocenters. The second kappa shape index (κ2) is 7.58. The summed E-state index contributed by atoms with van der Waals surface area (Å²) in [6.45, 7) is 2.36. The van der Waals surface area contributed by atoms with Crippen LogP contribution in [-0.4, -0.2) is 25.5 Å². The fourth-order valence-electron chi connectivity index (χ4n) is 3.47. The molecule has 0 fully saturated rings. The highest BCUT2D eigenvalue weighted by atomic mass is 35.5. The number of anilines is 3. The first-order valence-electron chi connectivity index (χ1n) is 9.23. The maximum absolute atomic E-state index is 13.2. The number of carbonyl (C=O) groups is 2. The molecular formula is C22H17ClN4O3. The van der Waals surface area contributed by atoms with Crippen LogP contribution >= 0.6 is 11.6 Å². The Hall–Kier alpha value is -3.76. The molecule has 7 nitrogen and oxygen atoms in total. The minimum atomic E-state index is -0.674. The number of halogens is 1. The SMILES string of the molecule is CCOc1ccc(N2C(=O)C(Cl)=C(/C(C#N)=C3/Nc4ccccc4N3C)C2=O)cc1. The van der Waals surface area contributed by atoms with Crippen molar-refractivity contribution in [1.82, 2.24) is 0 Å². The molecule has 2 aromatic rings. The van der Waals surface area contributed by atoms with Gasteiger partial charge in [-0.3, -0.25) is 9.59 Å². The molecule has 1 N–H and O–H groups in total. The van der Waals surface area contributed by atoms with Gasteiger partial charge in [-0.2, -0.15) is 5.26 Å². The Morgan fingerprint density at radius 3 is 2.47 bits per heavy atom. The molecule has 2 aliphatic rings. The van der Waals surface area contributed by atoms with Crippen LogP contribution in [0.1, 0.15) is 6.92 Å². The van der Waals surface area contributed by atoms with Crippen LogP contribution < -0.4 is 19.9 Å². The van der Waals surface area contributed by atoms with Crippen LogP contribution in [0.15, 0.2) is 70.5 Å². The van der Waals surface area contributed by atoms with Crippen molar-refractivity contribution < 1.29 is 14.3 Å². The van der Waals surface area contributed by atoms with Crippen molar-refractivity contribution in [2.45, 2.75) is 6.92 Å². The van der Waals surface area contributed by atoms with Gasteiger partial charge in [0.25, 0.3) is 11.8 Å². The van der Waals surface area contributed by atoms with Gasteiger partial charge in [-0.1, -0.05) is 23.7 Å². The van der Waals surface area contributed by atoms with E-state index in [1.54, 1.807) is 36.2 Å². The molecule has 2 aromatic carbocycles. The van der Waals surface area contributed by atoms with E-state index in [1.807, 2.05) is 37.3 Å². The number of rotatable bonds is 4. The third-order valence-corrected chi connectivity index (χ3v) is 5.24. The summed E-state index contributed by atoms with van der Waals surface area (Å²) in [5.41, 5.74) is 1.86. The van der Waals surface area contributed by atoms with E-state index in [9.17, 15) is 14.9 Å². The first-order chi connectivity index (χ1) is 14.5. The van der Waals surface area contributed by atoms with Crippen molar-refractivity contribution in [1.29, 1.82) is 5.26 Å². The van der Waals surface area contributed by atoms with E-state index in [-0.39, 0.29) is 16.2 Å². The molecule has 150 valence electrons. The number of nitrogens with zero attached hydrogens (tertiary/aromatic N) is 3. The van der Waals surface area contributed by atoms with Gasteiger partial charge in [-0.25, -0.2) is 4.90 Å². The predicted octanol–water partition coefficient (Wildman–Crippen LogP) is 3.75. The molecule has 0 spiro atoms. The minimum Gasteiger partial charge on any atom is -0.494 e. The van der Waals surface area contributed by atoms with Gasteiger partial charge in [0, 0.05) is 7.05 Å². The van der Waals surface area contributed by atoms with E-state index in [4.69, 9.17) is 16.3 Å². The largest absolute Gasteiger partial charge is 0.494 e. The van der Waals surface area contributed by atoms with E-state index in [2.05, 4.69) is 5.32 Å². The van der Waals surface area contributed by atoms with Crippen LogP contribution in [0.25, 0.3) is 0 Å². The number of hydrogen-bond acceptors (Lipinski definition) is 6. The molecule has 30 heavy (non-hydrogen) atoms. The normalized spacial score (nSPS) is 17.1. The van der Waals surface area contributed by atoms with Gasteiger partial charge in [0.1, 0.15) is 28.2 Å². The fourth-order valence-corrected chi connectivity index (χ4v) is 3.73. The quantitative estimate of drug-likeness (QED) is 0.599. The zero-order valence-corrected chi connectivity index (χ0v) is 17.0. The number of hydrogen-bond donors (Lipinski definition) is 1. The van der Waals surface area contributed by atoms with E-state index < -0.39 is 11.8 Å². The molecule has 2 aliphatic heterocycles. The van der Waals surface area contributed by atoms with E-state index in [0.717, 1.165) is 16.3 Å². The van der Waals surface area contributed by atoms with Crippen LogP contribution in [0, 0.1) is 11.3 Å². The molecular weight excluding hydrogens is 404 g/mol. The zero-order valence-electron chi connectivity index (χ0n) is 16.3. The number of fused-ring (bicyclic) bond motifs is 1. The molecule has 0 radical (unpaired) electrons.